The largest absolute Gasteiger partial charge is 0.399 e. The molecule has 4 saturated carbocycles. The number of fused-ring (bicyclic) bond motifs is 5. The van der Waals surface area contributed by atoms with E-state index in [0.717, 1.165) is 38.5 Å². The molecular weight excluding hydrogens is 474 g/mol. The van der Waals surface area contributed by atoms with Crippen molar-refractivity contribution in [1.82, 2.24) is 5.32 Å². The summed E-state index contributed by atoms with van der Waals surface area (Å²) in [4.78, 5) is 12.1. The topological polar surface area (TPSA) is 153 Å². The smallest absolute Gasteiger partial charge is 0.393 e. The average molecular weight is 518 g/mol. The number of rotatable bonds is 7. The molecule has 0 aromatic carbocycles. The number of nitrogens with one attached hydrogen (secondary N) is 1. The zero-order chi connectivity index (χ0) is 25.8. The van der Waals surface area contributed by atoms with Gasteiger partial charge in [-0.15, -0.1) is 0 Å². The van der Waals surface area contributed by atoms with Crippen molar-refractivity contribution in [3.05, 3.63) is 0 Å². The van der Waals surface area contributed by atoms with Crippen LogP contribution in [0.1, 0.15) is 78.6 Å². The van der Waals surface area contributed by atoms with Crippen LogP contribution < -0.4 is 5.32 Å². The summed E-state index contributed by atoms with van der Waals surface area (Å²) in [6.45, 7) is 6.00. The van der Waals surface area contributed by atoms with Crippen LogP contribution >= 0.6 is 0 Å². The lowest BCUT2D eigenvalue weighted by atomic mass is 9.43. The predicted molar refractivity (Wildman–Crippen MR) is 128 cm³/mol. The molecule has 10 heteroatoms. The monoisotopic (exact) mass is 517 g/mol. The van der Waals surface area contributed by atoms with Crippen molar-refractivity contribution in [3.63, 3.8) is 0 Å². The molecule has 202 valence electrons. The third-order valence-electron chi connectivity index (χ3n) is 10.8. The van der Waals surface area contributed by atoms with Gasteiger partial charge in [0.25, 0.3) is 0 Å². The highest BCUT2D eigenvalue weighted by Gasteiger charge is 2.65. The minimum Gasteiger partial charge on any atom is -0.393 e. The Morgan fingerprint density at radius 1 is 1.09 bits per heavy atom. The molecule has 4 fully saturated rings. The number of carbonyl (C=O) groups excluding carboxylic acids is 1. The van der Waals surface area contributed by atoms with Gasteiger partial charge in [-0.25, -0.2) is 4.18 Å². The number of aliphatic hydroxyl groups excluding tert-OH is 3. The van der Waals surface area contributed by atoms with Crippen LogP contribution in [0.25, 0.3) is 0 Å². The quantitative estimate of drug-likeness (QED) is 0.255. The highest BCUT2D eigenvalue weighted by Crippen LogP contribution is 2.68. The Kier molecular flexibility index (Phi) is 7.66. The first-order chi connectivity index (χ1) is 16.3. The molecule has 4 aliphatic carbocycles. The maximum atomic E-state index is 12.1. The van der Waals surface area contributed by atoms with Crippen LogP contribution in [-0.4, -0.2) is 59.2 Å². The van der Waals surface area contributed by atoms with E-state index < -0.39 is 29.3 Å². The molecule has 1 amide bonds. The summed E-state index contributed by atoms with van der Waals surface area (Å²) in [6, 6.07) is 0. The van der Waals surface area contributed by atoms with Gasteiger partial charge in [0, 0.05) is 6.42 Å². The Morgan fingerprint density at radius 3 is 2.49 bits per heavy atom. The van der Waals surface area contributed by atoms with Crippen LogP contribution in [0.3, 0.4) is 0 Å². The normalized spacial score (nSPS) is 46.3. The molecule has 0 aliphatic heterocycles. The molecule has 0 radical (unpaired) electrons. The lowest BCUT2D eigenvalue weighted by Gasteiger charge is -2.63. The van der Waals surface area contributed by atoms with E-state index in [1.54, 1.807) is 0 Å². The van der Waals surface area contributed by atoms with Gasteiger partial charge in [-0.1, -0.05) is 20.8 Å². The Labute approximate surface area is 209 Å². The van der Waals surface area contributed by atoms with Gasteiger partial charge in [0.15, 0.2) is 0 Å². The van der Waals surface area contributed by atoms with E-state index >= 15 is 0 Å². The molecule has 0 aromatic heterocycles. The van der Waals surface area contributed by atoms with Gasteiger partial charge in [-0.3, -0.25) is 9.35 Å². The fourth-order valence-corrected chi connectivity index (χ4v) is 9.17. The molecule has 4 rings (SSSR count). The van der Waals surface area contributed by atoms with Crippen LogP contribution in [0.5, 0.6) is 0 Å². The molecule has 35 heavy (non-hydrogen) atoms. The van der Waals surface area contributed by atoms with E-state index in [2.05, 4.69) is 30.3 Å². The fraction of sp³-hybridized carbons (Fsp3) is 0.960. The molecule has 4 aliphatic rings. The van der Waals surface area contributed by atoms with Crippen molar-refractivity contribution in [2.45, 2.75) is 96.9 Å². The zero-order valence-electron chi connectivity index (χ0n) is 21.1. The van der Waals surface area contributed by atoms with E-state index in [-0.39, 0.29) is 58.9 Å². The highest BCUT2D eigenvalue weighted by molar-refractivity contribution is 7.80. The molecule has 0 spiro atoms. The molecule has 0 aromatic rings. The number of amides is 1. The predicted octanol–water partition coefficient (Wildman–Crippen LogP) is 2.26. The van der Waals surface area contributed by atoms with Crippen molar-refractivity contribution >= 4 is 16.3 Å². The van der Waals surface area contributed by atoms with E-state index in [1.807, 2.05) is 0 Å². The van der Waals surface area contributed by atoms with E-state index in [9.17, 15) is 28.5 Å². The lowest BCUT2D eigenvalue weighted by Crippen LogP contribution is -2.62. The van der Waals surface area contributed by atoms with Gasteiger partial charge in [0.05, 0.1) is 18.3 Å². The molecule has 5 N–H and O–H groups in total. The minimum absolute atomic E-state index is 0.0390. The van der Waals surface area contributed by atoms with Crippen LogP contribution in [0, 0.1) is 46.3 Å². The summed E-state index contributed by atoms with van der Waals surface area (Å²) in [7, 11) is -4.60. The van der Waals surface area contributed by atoms with Gasteiger partial charge in [0.1, 0.15) is 6.73 Å². The second kappa shape index (κ2) is 9.83. The van der Waals surface area contributed by atoms with E-state index in [1.165, 1.54) is 0 Å². The SMILES string of the molecule is CC(CCC(=O)NCOS(=O)(=O)O)C1CC[C@H]2C3C(O)CC4C[C@H](O)CCC4(C)[C@H]3C[C@H](O)C12C. The lowest BCUT2D eigenvalue weighted by molar-refractivity contribution is -0.207. The van der Waals surface area contributed by atoms with Crippen LogP contribution in [0.15, 0.2) is 0 Å². The average Bonchev–Trinajstić information content (AvgIpc) is 3.12. The Morgan fingerprint density at radius 2 is 1.80 bits per heavy atom. The summed E-state index contributed by atoms with van der Waals surface area (Å²) in [6.07, 6.45) is 5.39. The third-order valence-corrected chi connectivity index (χ3v) is 11.2. The van der Waals surface area contributed by atoms with Crippen molar-refractivity contribution in [3.8, 4) is 0 Å². The van der Waals surface area contributed by atoms with Crippen molar-refractivity contribution in [2.24, 2.45) is 46.3 Å². The van der Waals surface area contributed by atoms with E-state index in [0.29, 0.717) is 18.8 Å². The van der Waals surface area contributed by atoms with Crippen LogP contribution in [0.2, 0.25) is 0 Å². The first-order valence-corrected chi connectivity index (χ1v) is 14.6. The van der Waals surface area contributed by atoms with E-state index in [4.69, 9.17) is 4.55 Å². The molecule has 9 nitrogen and oxygen atoms in total. The van der Waals surface area contributed by atoms with Gasteiger partial charge < -0.3 is 20.6 Å². The standard InChI is InChI=1S/C25H43NO8S/c1-14(4-7-22(30)26-13-34-35(31,32)33)17-5-6-18-23-19(12-21(29)25(17,18)3)24(2)9-8-16(27)10-15(24)11-20(23)28/h14-21,23,27-29H,4-13H2,1-3H3,(H,26,30)(H,31,32,33)/t14?,15?,16-,17?,18+,19+,20?,21+,23?,24?,25?/m1/s1. The minimum atomic E-state index is -4.60. The number of carbonyl (C=O) groups is 1. The summed E-state index contributed by atoms with van der Waals surface area (Å²) in [5.41, 5.74) is -0.291. The Bertz CT molecular complexity index is 898. The molecular formula is C25H43NO8S. The number of hydrogen-bond acceptors (Lipinski definition) is 7. The molecule has 7 unspecified atom stereocenters. The Balaban J connectivity index is 1.43. The van der Waals surface area contributed by atoms with Crippen molar-refractivity contribution < 1.29 is 37.3 Å². The zero-order valence-corrected chi connectivity index (χ0v) is 21.9. The maximum absolute atomic E-state index is 12.1. The first kappa shape index (κ1) is 27.3. The van der Waals surface area contributed by atoms with Crippen molar-refractivity contribution in [2.75, 3.05) is 6.73 Å². The van der Waals surface area contributed by atoms with Gasteiger partial charge >= 0.3 is 10.4 Å². The van der Waals surface area contributed by atoms with Gasteiger partial charge in [-0.2, -0.15) is 8.42 Å². The molecule has 0 heterocycles. The van der Waals surface area contributed by atoms with Crippen LogP contribution in [-0.2, 0) is 19.4 Å². The summed E-state index contributed by atoms with van der Waals surface area (Å²) in [5.74, 6) is 0.941. The summed E-state index contributed by atoms with van der Waals surface area (Å²) in [5, 5.41) is 35.5. The highest BCUT2D eigenvalue weighted by atomic mass is 32.3. The fourth-order valence-electron chi connectivity index (χ4n) is 8.96. The van der Waals surface area contributed by atoms with Crippen LogP contribution in [0.4, 0.5) is 0 Å². The van der Waals surface area contributed by atoms with Gasteiger partial charge in [-0.05, 0) is 97.7 Å². The maximum Gasteiger partial charge on any atom is 0.399 e. The molecule has 0 saturated heterocycles. The third kappa shape index (κ3) is 5.03. The first-order valence-electron chi connectivity index (χ1n) is 13.2. The number of hydrogen-bond donors (Lipinski definition) is 5. The molecule has 11 atom stereocenters. The van der Waals surface area contributed by atoms with Gasteiger partial charge in [0.2, 0.25) is 5.91 Å². The Hall–Kier alpha value is -0.780. The van der Waals surface area contributed by atoms with Crippen molar-refractivity contribution in [1.29, 1.82) is 0 Å². The summed E-state index contributed by atoms with van der Waals surface area (Å²) >= 11 is 0. The molecule has 0 bridgehead atoms. The second-order valence-electron chi connectivity index (χ2n) is 12.3. The number of aliphatic hydroxyl groups is 3. The second-order valence-corrected chi connectivity index (χ2v) is 13.4. The summed E-state index contributed by atoms with van der Waals surface area (Å²) < 4.78 is 34.0.